The number of hydrogen-bond acceptors (Lipinski definition) is 3. The van der Waals surface area contributed by atoms with E-state index in [1.165, 1.54) is 47.9 Å². The largest absolute Gasteiger partial charge is 0.455 e. The molecule has 9 aromatic rings. The van der Waals surface area contributed by atoms with Gasteiger partial charge in [-0.3, -0.25) is 0 Å². The van der Waals surface area contributed by atoms with Crippen LogP contribution in [0.25, 0.3) is 64.0 Å². The number of hydrogen-bond donors (Lipinski definition) is 0. The van der Waals surface area contributed by atoms with E-state index in [1.807, 2.05) is 11.3 Å². The van der Waals surface area contributed by atoms with Crippen molar-refractivity contribution in [2.75, 3.05) is 4.90 Å². The zero-order chi connectivity index (χ0) is 29.2. The Morgan fingerprint density at radius 2 is 1.18 bits per heavy atom. The molecule has 0 saturated carbocycles. The predicted octanol–water partition coefficient (Wildman–Crippen LogP) is 12.6. The fraction of sp³-hybridized carbons (Fsp3) is 0.0244. The van der Waals surface area contributed by atoms with Gasteiger partial charge in [0.2, 0.25) is 0 Å². The van der Waals surface area contributed by atoms with E-state index in [0.717, 1.165) is 38.7 Å². The number of rotatable bonds is 4. The van der Waals surface area contributed by atoms with Gasteiger partial charge in [0.25, 0.3) is 0 Å². The van der Waals surface area contributed by atoms with Crippen LogP contribution < -0.4 is 4.90 Å². The summed E-state index contributed by atoms with van der Waals surface area (Å²) in [7, 11) is 0. The van der Waals surface area contributed by atoms with E-state index in [2.05, 4.69) is 157 Å². The maximum atomic E-state index is 6.56. The van der Waals surface area contributed by atoms with Gasteiger partial charge >= 0.3 is 0 Å². The lowest BCUT2D eigenvalue weighted by Gasteiger charge is -2.28. The Morgan fingerprint density at radius 1 is 0.500 bits per heavy atom. The SMILES string of the molecule is Cc1cccc2oc3c4ccccc4c(N(c4ccc(-c5ccccc5)cc4)c4cccc5sc6ccccc6c45)cc3c12. The maximum absolute atomic E-state index is 6.56. The van der Waals surface area contributed by atoms with Crippen molar-refractivity contribution in [1.82, 2.24) is 0 Å². The van der Waals surface area contributed by atoms with Crippen LogP contribution >= 0.6 is 11.3 Å². The first-order valence-corrected chi connectivity index (χ1v) is 15.8. The molecule has 208 valence electrons. The summed E-state index contributed by atoms with van der Waals surface area (Å²) in [6, 6.07) is 52.3. The summed E-state index contributed by atoms with van der Waals surface area (Å²) in [5, 5.41) is 7.14. The molecule has 2 aromatic heterocycles. The van der Waals surface area contributed by atoms with Crippen LogP contribution in [0.2, 0.25) is 0 Å². The summed E-state index contributed by atoms with van der Waals surface area (Å²) >= 11 is 1.85. The first kappa shape index (κ1) is 25.1. The molecule has 0 amide bonds. The van der Waals surface area contributed by atoms with Crippen LogP contribution in [0.15, 0.2) is 150 Å². The van der Waals surface area contributed by atoms with Crippen molar-refractivity contribution in [3.05, 3.63) is 151 Å². The van der Waals surface area contributed by atoms with Crippen molar-refractivity contribution >= 4 is 81.3 Å². The third-order valence-corrected chi connectivity index (χ3v) is 9.92. The molecule has 0 saturated heterocycles. The molecule has 2 heterocycles. The van der Waals surface area contributed by atoms with Crippen LogP contribution in [-0.4, -0.2) is 0 Å². The number of anilines is 3. The number of fused-ring (bicyclic) bond motifs is 8. The molecule has 44 heavy (non-hydrogen) atoms. The molecule has 0 aliphatic carbocycles. The van der Waals surface area contributed by atoms with E-state index in [0.29, 0.717) is 0 Å². The highest BCUT2D eigenvalue weighted by Gasteiger charge is 2.23. The van der Waals surface area contributed by atoms with Crippen molar-refractivity contribution in [2.24, 2.45) is 0 Å². The first-order chi connectivity index (χ1) is 21.7. The Kier molecular flexibility index (Phi) is 5.62. The number of nitrogens with zero attached hydrogens (tertiary/aromatic N) is 1. The lowest BCUT2D eigenvalue weighted by atomic mass is 9.99. The highest BCUT2D eigenvalue weighted by Crippen LogP contribution is 2.49. The minimum absolute atomic E-state index is 0.923. The predicted molar refractivity (Wildman–Crippen MR) is 189 cm³/mol. The average molecular weight is 582 g/mol. The second kappa shape index (κ2) is 9.84. The van der Waals surface area contributed by atoms with Crippen LogP contribution in [0, 0.1) is 6.92 Å². The third-order valence-electron chi connectivity index (χ3n) is 8.78. The van der Waals surface area contributed by atoms with Gasteiger partial charge in [0.05, 0.1) is 11.4 Å². The molecule has 0 atom stereocenters. The molecule has 0 aliphatic heterocycles. The number of thiophene rings is 1. The molecule has 0 spiro atoms. The van der Waals surface area contributed by atoms with E-state index >= 15 is 0 Å². The minimum Gasteiger partial charge on any atom is -0.455 e. The van der Waals surface area contributed by atoms with Crippen molar-refractivity contribution in [3.8, 4) is 11.1 Å². The Bertz CT molecular complexity index is 2500. The molecule has 9 rings (SSSR count). The van der Waals surface area contributed by atoms with E-state index in [1.54, 1.807) is 0 Å². The lowest BCUT2D eigenvalue weighted by Crippen LogP contribution is -2.11. The van der Waals surface area contributed by atoms with Crippen LogP contribution in [0.5, 0.6) is 0 Å². The van der Waals surface area contributed by atoms with Crippen LogP contribution in [0.4, 0.5) is 17.1 Å². The highest BCUT2D eigenvalue weighted by atomic mass is 32.1. The fourth-order valence-corrected chi connectivity index (χ4v) is 7.90. The molecule has 0 aliphatic rings. The second-order valence-corrected chi connectivity index (χ2v) is 12.4. The van der Waals surface area contributed by atoms with Gasteiger partial charge in [-0.2, -0.15) is 0 Å². The fourth-order valence-electron chi connectivity index (χ4n) is 6.78. The summed E-state index contributed by atoms with van der Waals surface area (Å²) in [6.07, 6.45) is 0. The van der Waals surface area contributed by atoms with Crippen molar-refractivity contribution in [2.45, 2.75) is 6.92 Å². The molecule has 0 unspecified atom stereocenters. The molecule has 0 radical (unpaired) electrons. The molecule has 0 fully saturated rings. The Hall–Kier alpha value is -5.38. The van der Waals surface area contributed by atoms with Crippen LogP contribution in [-0.2, 0) is 0 Å². The zero-order valence-corrected chi connectivity index (χ0v) is 24.9. The summed E-state index contributed by atoms with van der Waals surface area (Å²) < 4.78 is 9.14. The van der Waals surface area contributed by atoms with E-state index < -0.39 is 0 Å². The molecule has 0 bridgehead atoms. The topological polar surface area (TPSA) is 16.4 Å². The van der Waals surface area contributed by atoms with Crippen LogP contribution in [0.1, 0.15) is 5.56 Å². The monoisotopic (exact) mass is 581 g/mol. The van der Waals surface area contributed by atoms with Gasteiger partial charge in [-0.05, 0) is 66.1 Å². The second-order valence-electron chi connectivity index (χ2n) is 11.4. The normalized spacial score (nSPS) is 11.8. The molecule has 3 heteroatoms. The smallest absolute Gasteiger partial charge is 0.143 e. The van der Waals surface area contributed by atoms with Gasteiger partial charge in [-0.1, -0.05) is 103 Å². The Morgan fingerprint density at radius 3 is 2.02 bits per heavy atom. The summed E-state index contributed by atoms with van der Waals surface area (Å²) in [5.41, 5.74) is 8.90. The van der Waals surface area contributed by atoms with Crippen molar-refractivity contribution < 1.29 is 4.42 Å². The quantitative estimate of drug-likeness (QED) is 0.206. The van der Waals surface area contributed by atoms with Gasteiger partial charge in [0.1, 0.15) is 11.2 Å². The number of furan rings is 1. The lowest BCUT2D eigenvalue weighted by molar-refractivity contribution is 0.672. The molecule has 7 aromatic carbocycles. The maximum Gasteiger partial charge on any atom is 0.143 e. The molecular weight excluding hydrogens is 555 g/mol. The van der Waals surface area contributed by atoms with Gasteiger partial charge in [-0.15, -0.1) is 11.3 Å². The first-order valence-electron chi connectivity index (χ1n) is 14.9. The summed E-state index contributed by atoms with van der Waals surface area (Å²) in [4.78, 5) is 2.45. The Balaban J connectivity index is 1.39. The highest BCUT2D eigenvalue weighted by molar-refractivity contribution is 7.26. The van der Waals surface area contributed by atoms with E-state index in [9.17, 15) is 0 Å². The van der Waals surface area contributed by atoms with Gasteiger partial charge < -0.3 is 9.32 Å². The van der Waals surface area contributed by atoms with E-state index in [-0.39, 0.29) is 0 Å². The van der Waals surface area contributed by atoms with Crippen molar-refractivity contribution in [3.63, 3.8) is 0 Å². The number of benzene rings is 7. The average Bonchev–Trinajstić information content (AvgIpc) is 3.65. The van der Waals surface area contributed by atoms with Gasteiger partial charge in [-0.25, -0.2) is 0 Å². The number of aryl methyl sites for hydroxylation is 1. The summed E-state index contributed by atoms with van der Waals surface area (Å²) in [6.45, 7) is 2.17. The van der Waals surface area contributed by atoms with Crippen molar-refractivity contribution in [1.29, 1.82) is 0 Å². The van der Waals surface area contributed by atoms with Gasteiger partial charge in [0.15, 0.2) is 0 Å². The Labute approximate surface area is 259 Å². The third kappa shape index (κ3) is 3.80. The van der Waals surface area contributed by atoms with Gasteiger partial charge in [0, 0.05) is 47.4 Å². The summed E-state index contributed by atoms with van der Waals surface area (Å²) in [5.74, 6) is 0. The minimum atomic E-state index is 0.923. The molecule has 2 nitrogen and oxygen atoms in total. The standard InChI is InChI=1S/C41H27NOS/c1-26-11-9-18-36-39(26)33-25-35(30-14-5-6-15-31(30)41(33)43-36)42(29-23-21-28(22-24-29)27-12-3-2-4-13-27)34-17-10-20-38-40(34)32-16-7-8-19-37(32)44-38/h2-25H,1H3. The van der Waals surface area contributed by atoms with E-state index in [4.69, 9.17) is 4.42 Å². The zero-order valence-electron chi connectivity index (χ0n) is 24.1. The van der Waals surface area contributed by atoms with Crippen LogP contribution in [0.3, 0.4) is 0 Å². The molecule has 0 N–H and O–H groups in total. The molecular formula is C41H27NOS.